The lowest BCUT2D eigenvalue weighted by Gasteiger charge is -2.20. The van der Waals surface area contributed by atoms with Gasteiger partial charge in [0.2, 0.25) is 0 Å². The van der Waals surface area contributed by atoms with Crippen LogP contribution < -0.4 is 4.74 Å². The van der Waals surface area contributed by atoms with Crippen LogP contribution in [0.2, 0.25) is 0 Å². The molecule has 0 aliphatic carbocycles. The maximum atomic E-state index is 12.0. The van der Waals surface area contributed by atoms with Gasteiger partial charge in [0.25, 0.3) is 0 Å². The zero-order valence-electron chi connectivity index (χ0n) is 14.0. The summed E-state index contributed by atoms with van der Waals surface area (Å²) in [6, 6.07) is 12.5. The van der Waals surface area contributed by atoms with E-state index in [-0.39, 0.29) is 18.1 Å². The van der Waals surface area contributed by atoms with Crippen molar-refractivity contribution in [1.82, 2.24) is 0 Å². The number of para-hydroxylation sites is 1. The zero-order valence-corrected chi connectivity index (χ0v) is 15.6. The van der Waals surface area contributed by atoms with E-state index in [0.717, 1.165) is 15.6 Å². The summed E-state index contributed by atoms with van der Waals surface area (Å²) in [5.74, 6) is 0.506. The van der Waals surface area contributed by atoms with Crippen molar-refractivity contribution in [2.45, 2.75) is 39.4 Å². The van der Waals surface area contributed by atoms with Crippen molar-refractivity contribution in [3.8, 4) is 11.5 Å². The van der Waals surface area contributed by atoms with Gasteiger partial charge in [-0.1, -0.05) is 34.1 Å². The van der Waals surface area contributed by atoms with Gasteiger partial charge in [-0.3, -0.25) is 4.79 Å². The first-order valence-electron chi connectivity index (χ1n) is 7.64. The fraction of sp³-hybridized carbons (Fsp3) is 0.316. The highest BCUT2D eigenvalue weighted by Crippen LogP contribution is 2.24. The summed E-state index contributed by atoms with van der Waals surface area (Å²) >= 11 is 3.34. The zero-order chi connectivity index (χ0) is 17.7. The Bertz CT molecular complexity index is 699. The molecule has 0 fully saturated rings. The largest absolute Gasteiger partial charge is 0.508 e. The lowest BCUT2D eigenvalue weighted by molar-refractivity contribution is -0.153. The van der Waals surface area contributed by atoms with E-state index in [1.807, 2.05) is 51.1 Å². The van der Waals surface area contributed by atoms with Crippen LogP contribution in [0.5, 0.6) is 11.5 Å². The van der Waals surface area contributed by atoms with Crippen LogP contribution in [0.25, 0.3) is 0 Å². The summed E-state index contributed by atoms with van der Waals surface area (Å²) in [7, 11) is 0. The number of carbonyl (C=O) groups is 1. The molecule has 0 saturated heterocycles. The molecule has 128 valence electrons. The summed E-state index contributed by atoms with van der Waals surface area (Å²) in [6.07, 6.45) is 0.150. The number of hydrogen-bond acceptors (Lipinski definition) is 4. The number of phenols is 1. The van der Waals surface area contributed by atoms with Crippen LogP contribution in [-0.4, -0.2) is 16.7 Å². The lowest BCUT2D eigenvalue weighted by Crippen LogP contribution is -2.25. The second-order valence-electron chi connectivity index (χ2n) is 6.48. The minimum atomic E-state index is -0.513. The molecule has 0 aliphatic heterocycles. The van der Waals surface area contributed by atoms with Crippen LogP contribution >= 0.6 is 15.9 Å². The molecule has 2 aromatic rings. The van der Waals surface area contributed by atoms with Gasteiger partial charge in [0.15, 0.2) is 0 Å². The van der Waals surface area contributed by atoms with E-state index < -0.39 is 5.60 Å². The van der Waals surface area contributed by atoms with Gasteiger partial charge in [0.05, 0.1) is 6.42 Å². The van der Waals surface area contributed by atoms with E-state index in [0.29, 0.717) is 12.4 Å². The van der Waals surface area contributed by atoms with E-state index in [9.17, 15) is 9.90 Å². The first-order valence-corrected chi connectivity index (χ1v) is 8.43. The van der Waals surface area contributed by atoms with Gasteiger partial charge in [-0.25, -0.2) is 0 Å². The molecule has 0 aliphatic rings. The van der Waals surface area contributed by atoms with E-state index in [1.165, 1.54) is 0 Å². The molecule has 0 unspecified atom stereocenters. The molecule has 0 heterocycles. The summed E-state index contributed by atoms with van der Waals surface area (Å²) in [4.78, 5) is 12.0. The van der Waals surface area contributed by atoms with Gasteiger partial charge in [-0.2, -0.15) is 0 Å². The molecule has 0 bridgehead atoms. The highest BCUT2D eigenvalue weighted by molar-refractivity contribution is 9.10. The minimum Gasteiger partial charge on any atom is -0.508 e. The first-order chi connectivity index (χ1) is 11.2. The predicted molar refractivity (Wildman–Crippen MR) is 96.1 cm³/mol. The van der Waals surface area contributed by atoms with Crippen LogP contribution in [0, 0.1) is 0 Å². The Morgan fingerprint density at radius 1 is 1.17 bits per heavy atom. The van der Waals surface area contributed by atoms with Gasteiger partial charge in [0, 0.05) is 10.0 Å². The Kier molecular flexibility index (Phi) is 5.89. The van der Waals surface area contributed by atoms with Crippen LogP contribution in [0.1, 0.15) is 31.9 Å². The van der Waals surface area contributed by atoms with E-state index in [4.69, 9.17) is 9.47 Å². The predicted octanol–water partition coefficient (Wildman–Crippen LogP) is 4.62. The quantitative estimate of drug-likeness (QED) is 0.754. The Labute approximate surface area is 150 Å². The standard InChI is InChI=1S/C19H21BrO4/c1-19(2,3)24-18(22)10-14-6-4-5-7-17(14)23-12-13-8-15(20)11-16(21)9-13/h4-9,11,21H,10,12H2,1-3H3. The monoisotopic (exact) mass is 392 g/mol. The van der Waals surface area contributed by atoms with E-state index in [2.05, 4.69) is 15.9 Å². The lowest BCUT2D eigenvalue weighted by atomic mass is 10.1. The normalized spacial score (nSPS) is 11.2. The number of hydrogen-bond donors (Lipinski definition) is 1. The first kappa shape index (κ1) is 18.3. The average molecular weight is 393 g/mol. The van der Waals surface area contributed by atoms with Crippen LogP contribution in [0.4, 0.5) is 0 Å². The third-order valence-electron chi connectivity index (χ3n) is 3.06. The number of esters is 1. The molecular formula is C19H21BrO4. The third kappa shape index (κ3) is 5.89. The fourth-order valence-electron chi connectivity index (χ4n) is 2.20. The van der Waals surface area contributed by atoms with Crippen molar-refractivity contribution in [3.05, 3.63) is 58.1 Å². The second-order valence-corrected chi connectivity index (χ2v) is 7.39. The molecular weight excluding hydrogens is 372 g/mol. The molecule has 0 aromatic heterocycles. The van der Waals surface area contributed by atoms with Crippen molar-refractivity contribution in [2.75, 3.05) is 0 Å². The maximum absolute atomic E-state index is 12.0. The molecule has 0 radical (unpaired) electrons. The second kappa shape index (κ2) is 7.71. The van der Waals surface area contributed by atoms with Crippen molar-refractivity contribution >= 4 is 21.9 Å². The molecule has 2 aromatic carbocycles. The van der Waals surface area contributed by atoms with Crippen LogP contribution in [0.3, 0.4) is 0 Å². The fourth-order valence-corrected chi connectivity index (χ4v) is 2.73. The van der Waals surface area contributed by atoms with Crippen molar-refractivity contribution in [1.29, 1.82) is 0 Å². The van der Waals surface area contributed by atoms with Gasteiger partial charge >= 0.3 is 5.97 Å². The number of phenolic OH excluding ortho intramolecular Hbond substituents is 1. The SMILES string of the molecule is CC(C)(C)OC(=O)Cc1ccccc1OCc1cc(O)cc(Br)c1. The minimum absolute atomic E-state index is 0.150. The molecule has 1 N–H and O–H groups in total. The number of ether oxygens (including phenoxy) is 2. The van der Waals surface area contributed by atoms with Crippen molar-refractivity contribution in [3.63, 3.8) is 0 Å². The number of aromatic hydroxyl groups is 1. The Morgan fingerprint density at radius 2 is 1.88 bits per heavy atom. The number of carbonyl (C=O) groups excluding carboxylic acids is 1. The maximum Gasteiger partial charge on any atom is 0.310 e. The molecule has 2 rings (SSSR count). The molecule has 5 heteroatoms. The molecule has 24 heavy (non-hydrogen) atoms. The van der Waals surface area contributed by atoms with Crippen molar-refractivity contribution in [2.24, 2.45) is 0 Å². The molecule has 4 nitrogen and oxygen atoms in total. The Balaban J connectivity index is 2.07. The van der Waals surface area contributed by atoms with Gasteiger partial charge in [-0.15, -0.1) is 0 Å². The van der Waals surface area contributed by atoms with Gasteiger partial charge in [0.1, 0.15) is 23.7 Å². The summed E-state index contributed by atoms with van der Waals surface area (Å²) in [6.45, 7) is 5.81. The van der Waals surface area contributed by atoms with Crippen LogP contribution in [-0.2, 0) is 22.6 Å². The van der Waals surface area contributed by atoms with Gasteiger partial charge < -0.3 is 14.6 Å². The van der Waals surface area contributed by atoms with Crippen molar-refractivity contribution < 1.29 is 19.4 Å². The summed E-state index contributed by atoms with van der Waals surface area (Å²) in [5, 5.41) is 9.63. The van der Waals surface area contributed by atoms with E-state index in [1.54, 1.807) is 12.1 Å². The Morgan fingerprint density at radius 3 is 2.54 bits per heavy atom. The summed E-state index contributed by atoms with van der Waals surface area (Å²) < 4.78 is 12.0. The topological polar surface area (TPSA) is 55.8 Å². The Hall–Kier alpha value is -2.01. The van der Waals surface area contributed by atoms with Crippen LogP contribution in [0.15, 0.2) is 46.9 Å². The summed E-state index contributed by atoms with van der Waals surface area (Å²) in [5.41, 5.74) is 1.08. The third-order valence-corrected chi connectivity index (χ3v) is 3.52. The van der Waals surface area contributed by atoms with Gasteiger partial charge in [-0.05, 0) is 50.6 Å². The highest BCUT2D eigenvalue weighted by Gasteiger charge is 2.18. The molecule has 0 saturated carbocycles. The molecule has 0 spiro atoms. The molecule has 0 atom stereocenters. The number of halogens is 1. The number of benzene rings is 2. The molecule has 0 amide bonds. The average Bonchev–Trinajstić information content (AvgIpc) is 2.43. The highest BCUT2D eigenvalue weighted by atomic mass is 79.9. The smallest absolute Gasteiger partial charge is 0.310 e. The van der Waals surface area contributed by atoms with E-state index >= 15 is 0 Å². The number of rotatable bonds is 5.